The van der Waals surface area contributed by atoms with Gasteiger partial charge in [-0.15, -0.1) is 11.3 Å². The first-order valence-corrected chi connectivity index (χ1v) is 7.44. The van der Waals surface area contributed by atoms with Crippen LogP contribution in [0.4, 0.5) is 0 Å². The summed E-state index contributed by atoms with van der Waals surface area (Å²) in [4.78, 5) is 5.78. The van der Waals surface area contributed by atoms with E-state index in [4.69, 9.17) is 0 Å². The number of nitrogens with zero attached hydrogens (tertiary/aromatic N) is 1. The number of thiazole rings is 1. The van der Waals surface area contributed by atoms with Gasteiger partial charge < -0.3 is 5.32 Å². The van der Waals surface area contributed by atoms with E-state index in [1.54, 1.807) is 11.3 Å². The van der Waals surface area contributed by atoms with Crippen molar-refractivity contribution < 1.29 is 0 Å². The fourth-order valence-corrected chi connectivity index (χ4v) is 2.85. The Hall–Kier alpha value is -1.19. The van der Waals surface area contributed by atoms with Crippen molar-refractivity contribution in [3.63, 3.8) is 0 Å². The maximum atomic E-state index is 4.50. The Bertz CT molecular complexity index is 529. The molecule has 0 bridgehead atoms. The molecule has 0 atom stereocenters. The van der Waals surface area contributed by atoms with E-state index in [9.17, 15) is 0 Å². The molecule has 3 rings (SSSR count). The van der Waals surface area contributed by atoms with Crippen LogP contribution in [0.2, 0.25) is 0 Å². The second kappa shape index (κ2) is 5.21. The molecule has 18 heavy (non-hydrogen) atoms. The first-order valence-electron chi connectivity index (χ1n) is 6.62. The molecule has 2 aromatic rings. The number of hydrogen-bond donors (Lipinski definition) is 1. The lowest BCUT2D eigenvalue weighted by Gasteiger charge is -2.00. The summed E-state index contributed by atoms with van der Waals surface area (Å²) in [7, 11) is 0. The fraction of sp³-hybridized carbons (Fsp3) is 0.400. The molecule has 1 heterocycles. The first-order chi connectivity index (χ1) is 8.85. The van der Waals surface area contributed by atoms with E-state index >= 15 is 0 Å². The van der Waals surface area contributed by atoms with Crippen molar-refractivity contribution in [1.29, 1.82) is 0 Å². The molecule has 94 valence electrons. The van der Waals surface area contributed by atoms with Gasteiger partial charge in [0, 0.05) is 18.8 Å². The van der Waals surface area contributed by atoms with Gasteiger partial charge in [-0.3, -0.25) is 0 Å². The second-order valence-corrected chi connectivity index (χ2v) is 5.94. The molecule has 1 aliphatic carbocycles. The van der Waals surface area contributed by atoms with Gasteiger partial charge in [0.1, 0.15) is 5.01 Å². The Morgan fingerprint density at radius 1 is 1.39 bits per heavy atom. The van der Waals surface area contributed by atoms with E-state index in [-0.39, 0.29) is 0 Å². The molecule has 0 unspecified atom stereocenters. The lowest BCUT2D eigenvalue weighted by atomic mass is 10.1. The summed E-state index contributed by atoms with van der Waals surface area (Å²) < 4.78 is 0. The predicted molar refractivity (Wildman–Crippen MR) is 76.8 cm³/mol. The van der Waals surface area contributed by atoms with Gasteiger partial charge in [0.2, 0.25) is 0 Å². The number of hydrogen-bond acceptors (Lipinski definition) is 3. The van der Waals surface area contributed by atoms with Crippen molar-refractivity contribution in [3.8, 4) is 10.4 Å². The van der Waals surface area contributed by atoms with E-state index in [1.165, 1.54) is 33.9 Å². The molecule has 0 spiro atoms. The minimum atomic E-state index is 0.751. The largest absolute Gasteiger partial charge is 0.308 e. The lowest BCUT2D eigenvalue weighted by molar-refractivity contribution is 0.684. The summed E-state index contributed by atoms with van der Waals surface area (Å²) in [6.45, 7) is 3.11. The van der Waals surface area contributed by atoms with Crippen molar-refractivity contribution in [1.82, 2.24) is 10.3 Å². The maximum Gasteiger partial charge on any atom is 0.107 e. The molecule has 0 aliphatic heterocycles. The Morgan fingerprint density at radius 2 is 2.28 bits per heavy atom. The van der Waals surface area contributed by atoms with Gasteiger partial charge in [-0.2, -0.15) is 0 Å². The monoisotopic (exact) mass is 258 g/mol. The average Bonchev–Trinajstić information content (AvgIpc) is 3.13. The van der Waals surface area contributed by atoms with Gasteiger partial charge in [0.15, 0.2) is 0 Å². The first kappa shape index (κ1) is 11.9. The second-order valence-electron chi connectivity index (χ2n) is 4.83. The molecule has 0 amide bonds. The summed E-state index contributed by atoms with van der Waals surface area (Å²) in [5.74, 6) is 0. The Labute approximate surface area is 112 Å². The van der Waals surface area contributed by atoms with Crippen LogP contribution in [0.25, 0.3) is 10.4 Å². The standard InChI is InChI=1S/C15H18N2S/c1-2-11-4-3-5-12(8-11)14-9-17-15(18-14)10-16-13-6-7-13/h3-5,8-9,13,16H,2,6-7,10H2,1H3. The summed E-state index contributed by atoms with van der Waals surface area (Å²) in [6, 6.07) is 9.51. The molecular weight excluding hydrogens is 240 g/mol. The zero-order valence-corrected chi connectivity index (χ0v) is 11.5. The lowest BCUT2D eigenvalue weighted by Crippen LogP contribution is -2.14. The minimum Gasteiger partial charge on any atom is -0.308 e. The van der Waals surface area contributed by atoms with Gasteiger partial charge in [-0.25, -0.2) is 4.98 Å². The van der Waals surface area contributed by atoms with Gasteiger partial charge in [0.05, 0.1) is 4.88 Å². The zero-order valence-electron chi connectivity index (χ0n) is 10.6. The smallest absolute Gasteiger partial charge is 0.107 e. The third kappa shape index (κ3) is 2.79. The van der Waals surface area contributed by atoms with E-state index in [0.717, 1.165) is 19.0 Å². The molecule has 0 saturated heterocycles. The quantitative estimate of drug-likeness (QED) is 0.886. The summed E-state index contributed by atoms with van der Waals surface area (Å²) in [5, 5.41) is 4.70. The fourth-order valence-electron chi connectivity index (χ4n) is 1.99. The molecule has 1 aromatic heterocycles. The van der Waals surface area contributed by atoms with Crippen LogP contribution in [0.5, 0.6) is 0 Å². The Kier molecular flexibility index (Phi) is 3.43. The van der Waals surface area contributed by atoms with Crippen molar-refractivity contribution >= 4 is 11.3 Å². The van der Waals surface area contributed by atoms with Crippen molar-refractivity contribution in [2.45, 2.75) is 38.8 Å². The molecule has 1 saturated carbocycles. The molecule has 2 nitrogen and oxygen atoms in total. The highest BCUT2D eigenvalue weighted by Crippen LogP contribution is 2.27. The maximum absolute atomic E-state index is 4.50. The van der Waals surface area contributed by atoms with Crippen LogP contribution in [-0.4, -0.2) is 11.0 Å². The van der Waals surface area contributed by atoms with Gasteiger partial charge in [-0.05, 0) is 30.4 Å². The number of rotatable bonds is 5. The van der Waals surface area contributed by atoms with Crippen LogP contribution >= 0.6 is 11.3 Å². The van der Waals surface area contributed by atoms with Crippen LogP contribution in [-0.2, 0) is 13.0 Å². The van der Waals surface area contributed by atoms with Crippen LogP contribution in [0.1, 0.15) is 30.3 Å². The molecule has 1 aliphatic rings. The normalized spacial score (nSPS) is 14.9. The molecule has 1 fully saturated rings. The number of aromatic nitrogens is 1. The molecule has 3 heteroatoms. The molecule has 1 N–H and O–H groups in total. The van der Waals surface area contributed by atoms with Gasteiger partial charge in [0.25, 0.3) is 0 Å². The van der Waals surface area contributed by atoms with Crippen LogP contribution < -0.4 is 5.32 Å². The number of aryl methyl sites for hydroxylation is 1. The highest BCUT2D eigenvalue weighted by molar-refractivity contribution is 7.15. The summed E-state index contributed by atoms with van der Waals surface area (Å²) in [6.07, 6.45) is 5.75. The van der Waals surface area contributed by atoms with E-state index in [0.29, 0.717) is 0 Å². The summed E-state index contributed by atoms with van der Waals surface area (Å²) in [5.41, 5.74) is 2.68. The molecule has 0 radical (unpaired) electrons. The van der Waals surface area contributed by atoms with Crippen LogP contribution in [0, 0.1) is 0 Å². The van der Waals surface area contributed by atoms with E-state index in [2.05, 4.69) is 41.5 Å². The topological polar surface area (TPSA) is 24.9 Å². The van der Waals surface area contributed by atoms with Crippen molar-refractivity contribution in [2.24, 2.45) is 0 Å². The number of benzene rings is 1. The summed E-state index contributed by atoms with van der Waals surface area (Å²) >= 11 is 1.80. The number of nitrogens with one attached hydrogen (secondary N) is 1. The molecule has 1 aromatic carbocycles. The van der Waals surface area contributed by atoms with E-state index < -0.39 is 0 Å². The van der Waals surface area contributed by atoms with Gasteiger partial charge >= 0.3 is 0 Å². The van der Waals surface area contributed by atoms with E-state index in [1.807, 2.05) is 6.20 Å². The third-order valence-electron chi connectivity index (χ3n) is 3.29. The van der Waals surface area contributed by atoms with Crippen molar-refractivity contribution in [3.05, 3.63) is 41.0 Å². The highest BCUT2D eigenvalue weighted by atomic mass is 32.1. The molecular formula is C15H18N2S. The average molecular weight is 258 g/mol. The Morgan fingerprint density at radius 3 is 3.06 bits per heavy atom. The zero-order chi connectivity index (χ0) is 12.4. The minimum absolute atomic E-state index is 0.751. The third-order valence-corrected chi connectivity index (χ3v) is 4.34. The van der Waals surface area contributed by atoms with Crippen molar-refractivity contribution in [2.75, 3.05) is 0 Å². The highest BCUT2D eigenvalue weighted by Gasteiger charge is 2.20. The van der Waals surface area contributed by atoms with Crippen LogP contribution in [0.15, 0.2) is 30.5 Å². The SMILES string of the molecule is CCc1cccc(-c2cnc(CNC3CC3)s2)c1. The Balaban J connectivity index is 1.74. The van der Waals surface area contributed by atoms with Gasteiger partial charge in [-0.1, -0.05) is 31.2 Å². The predicted octanol–water partition coefficient (Wildman–Crippen LogP) is 3.62. The van der Waals surface area contributed by atoms with Crippen LogP contribution in [0.3, 0.4) is 0 Å².